The molecule has 1 atom stereocenters. The molecule has 0 unspecified atom stereocenters. The van der Waals surface area contributed by atoms with Crippen LogP contribution in [0.2, 0.25) is 0 Å². The van der Waals surface area contributed by atoms with Crippen molar-refractivity contribution in [3.05, 3.63) is 29.8 Å². The first-order chi connectivity index (χ1) is 10.7. The van der Waals surface area contributed by atoms with Gasteiger partial charge in [-0.25, -0.2) is 4.79 Å². The van der Waals surface area contributed by atoms with Gasteiger partial charge in [-0.3, -0.25) is 9.80 Å². The average Bonchev–Trinajstić information content (AvgIpc) is 2.85. The lowest BCUT2D eigenvalue weighted by molar-refractivity contribution is -0.139. The number of para-hydroxylation sites is 1. The van der Waals surface area contributed by atoms with Crippen LogP contribution in [-0.4, -0.2) is 59.7 Å². The lowest BCUT2D eigenvalue weighted by Gasteiger charge is -2.26. The number of carboxylic acid groups (broad SMARTS) is 1. The topological polar surface area (TPSA) is 53.0 Å². The number of hydrogen-bond acceptors (Lipinski definition) is 4. The second-order valence-electron chi connectivity index (χ2n) is 6.21. The molecule has 0 spiro atoms. The number of ether oxygens (including phenoxy) is 1. The third kappa shape index (κ3) is 3.78. The number of nitrogens with zero attached hydrogens (tertiary/aromatic N) is 2. The molecule has 2 saturated heterocycles. The standard InChI is InChI=1S/C17H24N2O3/c20-17(21)13-22-16-7-2-1-5-14(16)11-18-8-4-10-19-9-3-6-15(19)12-18/h1-2,5,7,15H,3-4,6,8-13H2,(H,20,21)/t15-/m0/s1. The Morgan fingerprint density at radius 3 is 2.91 bits per heavy atom. The fourth-order valence-electron chi connectivity index (χ4n) is 3.58. The van der Waals surface area contributed by atoms with Gasteiger partial charge in [0.2, 0.25) is 0 Å². The Morgan fingerprint density at radius 1 is 1.23 bits per heavy atom. The van der Waals surface area contributed by atoms with E-state index >= 15 is 0 Å². The van der Waals surface area contributed by atoms with Gasteiger partial charge >= 0.3 is 5.97 Å². The van der Waals surface area contributed by atoms with Crippen LogP contribution in [0.3, 0.4) is 0 Å². The molecule has 0 aromatic heterocycles. The largest absolute Gasteiger partial charge is 0.482 e. The van der Waals surface area contributed by atoms with Gasteiger partial charge in [-0.15, -0.1) is 0 Å². The molecule has 22 heavy (non-hydrogen) atoms. The summed E-state index contributed by atoms with van der Waals surface area (Å²) in [6.07, 6.45) is 3.82. The predicted molar refractivity (Wildman–Crippen MR) is 84.1 cm³/mol. The maximum Gasteiger partial charge on any atom is 0.341 e. The van der Waals surface area contributed by atoms with E-state index in [1.165, 1.54) is 32.4 Å². The number of carbonyl (C=O) groups is 1. The summed E-state index contributed by atoms with van der Waals surface area (Å²) in [4.78, 5) is 15.8. The number of hydrogen-bond donors (Lipinski definition) is 1. The quantitative estimate of drug-likeness (QED) is 0.899. The molecule has 0 saturated carbocycles. The second kappa shape index (κ2) is 7.11. The molecule has 0 aliphatic carbocycles. The Kier molecular flexibility index (Phi) is 4.95. The van der Waals surface area contributed by atoms with Crippen LogP contribution in [0.5, 0.6) is 5.75 Å². The summed E-state index contributed by atoms with van der Waals surface area (Å²) in [5.41, 5.74) is 1.08. The van der Waals surface area contributed by atoms with Gasteiger partial charge in [0.1, 0.15) is 5.75 Å². The minimum atomic E-state index is -0.939. The SMILES string of the molecule is O=C(O)COc1ccccc1CN1CCCN2CCC[C@H]2C1. The maximum atomic E-state index is 10.7. The third-order valence-electron chi connectivity index (χ3n) is 4.61. The minimum absolute atomic E-state index is 0.284. The van der Waals surface area contributed by atoms with E-state index in [4.69, 9.17) is 9.84 Å². The highest BCUT2D eigenvalue weighted by atomic mass is 16.5. The highest BCUT2D eigenvalue weighted by Gasteiger charge is 2.28. The van der Waals surface area contributed by atoms with E-state index in [2.05, 4.69) is 9.80 Å². The molecule has 2 fully saturated rings. The highest BCUT2D eigenvalue weighted by Crippen LogP contribution is 2.25. The summed E-state index contributed by atoms with van der Waals surface area (Å²) in [7, 11) is 0. The van der Waals surface area contributed by atoms with Gasteiger partial charge in [0.25, 0.3) is 0 Å². The first kappa shape index (κ1) is 15.3. The van der Waals surface area contributed by atoms with E-state index in [1.54, 1.807) is 0 Å². The van der Waals surface area contributed by atoms with E-state index in [9.17, 15) is 4.79 Å². The number of carboxylic acids is 1. The molecule has 5 nitrogen and oxygen atoms in total. The Hall–Kier alpha value is -1.59. The van der Waals surface area contributed by atoms with Crippen molar-refractivity contribution in [3.8, 4) is 5.75 Å². The fraction of sp³-hybridized carbons (Fsp3) is 0.588. The number of benzene rings is 1. The fourth-order valence-corrected chi connectivity index (χ4v) is 3.58. The molecule has 0 bridgehead atoms. The van der Waals surface area contributed by atoms with Crippen LogP contribution in [0, 0.1) is 0 Å². The molecule has 2 heterocycles. The van der Waals surface area contributed by atoms with E-state index in [-0.39, 0.29) is 6.61 Å². The van der Waals surface area contributed by atoms with Crippen molar-refractivity contribution in [2.45, 2.75) is 31.8 Å². The van der Waals surface area contributed by atoms with Crippen LogP contribution < -0.4 is 4.74 Å². The molecular weight excluding hydrogens is 280 g/mol. The molecule has 2 aliphatic rings. The van der Waals surface area contributed by atoms with Crippen molar-refractivity contribution in [2.24, 2.45) is 0 Å². The Labute approximate surface area is 131 Å². The van der Waals surface area contributed by atoms with Gasteiger partial charge in [-0.2, -0.15) is 0 Å². The van der Waals surface area contributed by atoms with E-state index in [0.29, 0.717) is 11.8 Å². The molecule has 3 rings (SSSR count). The highest BCUT2D eigenvalue weighted by molar-refractivity contribution is 5.68. The van der Waals surface area contributed by atoms with Crippen molar-refractivity contribution in [3.63, 3.8) is 0 Å². The summed E-state index contributed by atoms with van der Waals surface area (Å²) >= 11 is 0. The molecular formula is C17H24N2O3. The summed E-state index contributed by atoms with van der Waals surface area (Å²) in [5, 5.41) is 8.79. The van der Waals surface area contributed by atoms with Gasteiger partial charge < -0.3 is 9.84 Å². The van der Waals surface area contributed by atoms with E-state index in [1.807, 2.05) is 24.3 Å². The Bertz CT molecular complexity index is 520. The van der Waals surface area contributed by atoms with E-state index in [0.717, 1.165) is 25.2 Å². The second-order valence-corrected chi connectivity index (χ2v) is 6.21. The van der Waals surface area contributed by atoms with Gasteiger partial charge in [-0.1, -0.05) is 18.2 Å². The van der Waals surface area contributed by atoms with Gasteiger partial charge in [-0.05, 0) is 45.0 Å². The summed E-state index contributed by atoms with van der Waals surface area (Å²) in [5.74, 6) is -0.247. The minimum Gasteiger partial charge on any atom is -0.482 e. The van der Waals surface area contributed by atoms with Crippen molar-refractivity contribution in [1.82, 2.24) is 9.80 Å². The molecule has 0 radical (unpaired) electrons. The van der Waals surface area contributed by atoms with Crippen LogP contribution in [-0.2, 0) is 11.3 Å². The maximum absolute atomic E-state index is 10.7. The summed E-state index contributed by atoms with van der Waals surface area (Å²) in [6.45, 7) is 5.20. The van der Waals surface area contributed by atoms with Crippen molar-refractivity contribution >= 4 is 5.97 Å². The van der Waals surface area contributed by atoms with Crippen LogP contribution >= 0.6 is 0 Å². The first-order valence-electron chi connectivity index (χ1n) is 8.11. The van der Waals surface area contributed by atoms with Gasteiger partial charge in [0, 0.05) is 24.7 Å². The lowest BCUT2D eigenvalue weighted by Crippen LogP contribution is -2.36. The molecule has 2 aliphatic heterocycles. The average molecular weight is 304 g/mol. The van der Waals surface area contributed by atoms with Crippen LogP contribution in [0.1, 0.15) is 24.8 Å². The zero-order valence-electron chi connectivity index (χ0n) is 12.9. The zero-order chi connectivity index (χ0) is 15.4. The van der Waals surface area contributed by atoms with Crippen LogP contribution in [0.25, 0.3) is 0 Å². The monoisotopic (exact) mass is 304 g/mol. The number of aliphatic carboxylic acids is 1. The third-order valence-corrected chi connectivity index (χ3v) is 4.61. The summed E-state index contributed by atoms with van der Waals surface area (Å²) < 4.78 is 5.42. The van der Waals surface area contributed by atoms with Crippen molar-refractivity contribution < 1.29 is 14.6 Å². The molecule has 1 N–H and O–H groups in total. The molecule has 1 aromatic rings. The van der Waals surface area contributed by atoms with Gasteiger partial charge in [0.05, 0.1) is 0 Å². The summed E-state index contributed by atoms with van der Waals surface area (Å²) in [6, 6.07) is 8.46. The smallest absolute Gasteiger partial charge is 0.341 e. The molecule has 5 heteroatoms. The van der Waals surface area contributed by atoms with Crippen molar-refractivity contribution in [1.29, 1.82) is 0 Å². The predicted octanol–water partition coefficient (Wildman–Crippen LogP) is 1.82. The molecule has 0 amide bonds. The number of fused-ring (bicyclic) bond motifs is 1. The van der Waals surface area contributed by atoms with Crippen LogP contribution in [0.4, 0.5) is 0 Å². The van der Waals surface area contributed by atoms with Gasteiger partial charge in [0.15, 0.2) is 6.61 Å². The van der Waals surface area contributed by atoms with E-state index < -0.39 is 5.97 Å². The Balaban J connectivity index is 1.65. The molecule has 1 aromatic carbocycles. The van der Waals surface area contributed by atoms with Crippen molar-refractivity contribution in [2.75, 3.05) is 32.8 Å². The zero-order valence-corrected chi connectivity index (χ0v) is 12.9. The first-order valence-corrected chi connectivity index (χ1v) is 8.11. The normalized spacial score (nSPS) is 23.0. The Morgan fingerprint density at radius 2 is 2.05 bits per heavy atom. The lowest BCUT2D eigenvalue weighted by atomic mass is 10.1. The van der Waals surface area contributed by atoms with Crippen LogP contribution in [0.15, 0.2) is 24.3 Å². The number of rotatable bonds is 5. The molecule has 120 valence electrons.